The smallest absolute Gasteiger partial charge is 0.0756 e. The van der Waals surface area contributed by atoms with Crippen molar-refractivity contribution >= 4 is 0 Å². The van der Waals surface area contributed by atoms with E-state index in [0.29, 0.717) is 12.1 Å². The summed E-state index contributed by atoms with van der Waals surface area (Å²) in [7, 11) is 0. The van der Waals surface area contributed by atoms with Crippen LogP contribution in [0.4, 0.5) is 0 Å². The van der Waals surface area contributed by atoms with Gasteiger partial charge in [0.05, 0.1) is 6.10 Å². The first-order valence-corrected chi connectivity index (χ1v) is 5.48. The minimum absolute atomic E-state index is 0.399. The molecule has 13 heavy (non-hydrogen) atoms. The first kappa shape index (κ1) is 9.22. The molecule has 0 amide bonds. The summed E-state index contributed by atoms with van der Waals surface area (Å²) in [6, 6.07) is 0.616. The molecule has 0 bridgehead atoms. The zero-order valence-electron chi connectivity index (χ0n) is 8.17. The minimum Gasteiger partial charge on any atom is -0.374 e. The largest absolute Gasteiger partial charge is 0.374 e. The molecule has 0 aromatic heterocycles. The molecule has 0 radical (unpaired) electrons. The van der Waals surface area contributed by atoms with Crippen LogP contribution < -0.4 is 5.32 Å². The fourth-order valence-corrected chi connectivity index (χ4v) is 2.05. The van der Waals surface area contributed by atoms with Crippen LogP contribution in [0.3, 0.4) is 0 Å². The summed E-state index contributed by atoms with van der Waals surface area (Å²) in [5.74, 6) is 0. The summed E-state index contributed by atoms with van der Waals surface area (Å²) < 4.78 is 5.62. The van der Waals surface area contributed by atoms with Crippen molar-refractivity contribution in [3.8, 4) is 0 Å². The molecule has 2 heterocycles. The molecule has 0 saturated carbocycles. The molecule has 0 aromatic rings. The van der Waals surface area contributed by atoms with Crippen molar-refractivity contribution in [3.63, 3.8) is 0 Å². The van der Waals surface area contributed by atoms with Crippen molar-refractivity contribution in [2.24, 2.45) is 0 Å². The van der Waals surface area contributed by atoms with Gasteiger partial charge in [0.1, 0.15) is 0 Å². The highest BCUT2D eigenvalue weighted by Gasteiger charge is 2.13. The van der Waals surface area contributed by atoms with Crippen LogP contribution in [0.1, 0.15) is 32.1 Å². The second-order valence-electron chi connectivity index (χ2n) is 3.99. The predicted molar refractivity (Wildman–Crippen MR) is 53.8 cm³/mol. The van der Waals surface area contributed by atoms with E-state index >= 15 is 0 Å². The lowest BCUT2D eigenvalue weighted by Gasteiger charge is -2.19. The first-order chi connectivity index (χ1) is 6.45. The molecular weight excluding hydrogens is 162 g/mol. The molecule has 0 aliphatic carbocycles. The van der Waals surface area contributed by atoms with Gasteiger partial charge >= 0.3 is 0 Å². The van der Waals surface area contributed by atoms with Crippen LogP contribution in [0.5, 0.6) is 0 Å². The lowest BCUT2D eigenvalue weighted by Crippen LogP contribution is -2.21. The van der Waals surface area contributed by atoms with Crippen LogP contribution in [0.15, 0.2) is 12.2 Å². The SMILES string of the molecule is C(=C\C1CCCCO1)/C1CCCN1. The van der Waals surface area contributed by atoms with Crippen LogP contribution in [-0.2, 0) is 4.74 Å². The molecule has 2 heteroatoms. The average Bonchev–Trinajstić information content (AvgIpc) is 2.69. The average molecular weight is 181 g/mol. The summed E-state index contributed by atoms with van der Waals surface area (Å²) in [6.45, 7) is 2.13. The lowest BCUT2D eigenvalue weighted by molar-refractivity contribution is 0.0464. The van der Waals surface area contributed by atoms with Gasteiger partial charge < -0.3 is 10.1 Å². The molecule has 2 nitrogen and oxygen atoms in total. The van der Waals surface area contributed by atoms with E-state index in [0.717, 1.165) is 6.61 Å². The number of hydrogen-bond acceptors (Lipinski definition) is 2. The molecule has 2 atom stereocenters. The van der Waals surface area contributed by atoms with Gasteiger partial charge in [-0.1, -0.05) is 12.2 Å². The normalized spacial score (nSPS) is 35.7. The van der Waals surface area contributed by atoms with Gasteiger partial charge in [0.25, 0.3) is 0 Å². The summed E-state index contributed by atoms with van der Waals surface area (Å²) in [4.78, 5) is 0. The predicted octanol–water partition coefficient (Wildman–Crippen LogP) is 1.86. The van der Waals surface area contributed by atoms with Gasteiger partial charge in [-0.15, -0.1) is 0 Å². The zero-order valence-corrected chi connectivity index (χ0v) is 8.17. The Bertz CT molecular complexity index is 167. The minimum atomic E-state index is 0.399. The van der Waals surface area contributed by atoms with E-state index in [-0.39, 0.29) is 0 Å². The van der Waals surface area contributed by atoms with Crippen molar-refractivity contribution in [3.05, 3.63) is 12.2 Å². The maximum atomic E-state index is 5.62. The third kappa shape index (κ3) is 2.82. The molecule has 2 rings (SSSR count). The maximum Gasteiger partial charge on any atom is 0.0756 e. The number of nitrogens with one attached hydrogen (secondary N) is 1. The highest BCUT2D eigenvalue weighted by atomic mass is 16.5. The standard InChI is InChI=1S/C11H19NO/c1-2-9-13-11(5-1)7-6-10-4-3-8-12-10/h6-7,10-12H,1-5,8-9H2/b7-6+. The van der Waals surface area contributed by atoms with Crippen molar-refractivity contribution in [1.29, 1.82) is 0 Å². The Morgan fingerprint density at radius 2 is 2.08 bits per heavy atom. The van der Waals surface area contributed by atoms with Crippen LogP contribution >= 0.6 is 0 Å². The van der Waals surface area contributed by atoms with Crippen LogP contribution in [0.25, 0.3) is 0 Å². The second-order valence-corrected chi connectivity index (χ2v) is 3.99. The van der Waals surface area contributed by atoms with Gasteiger partial charge in [0.2, 0.25) is 0 Å². The highest BCUT2D eigenvalue weighted by Crippen LogP contribution is 2.15. The zero-order chi connectivity index (χ0) is 8.93. The molecule has 2 fully saturated rings. The Kier molecular flexibility index (Phi) is 3.39. The number of rotatable bonds is 2. The Morgan fingerprint density at radius 1 is 1.08 bits per heavy atom. The Morgan fingerprint density at radius 3 is 2.77 bits per heavy atom. The Labute approximate surface area is 80.4 Å². The third-order valence-corrected chi connectivity index (χ3v) is 2.87. The quantitative estimate of drug-likeness (QED) is 0.657. The van der Waals surface area contributed by atoms with Gasteiger partial charge in [-0.3, -0.25) is 0 Å². The highest BCUT2D eigenvalue weighted by molar-refractivity contribution is 5.00. The molecule has 2 unspecified atom stereocenters. The van der Waals surface area contributed by atoms with Crippen molar-refractivity contribution in [1.82, 2.24) is 5.32 Å². The molecule has 74 valence electrons. The van der Waals surface area contributed by atoms with Gasteiger partial charge in [-0.2, -0.15) is 0 Å². The lowest BCUT2D eigenvalue weighted by atomic mass is 10.1. The van der Waals surface area contributed by atoms with E-state index in [2.05, 4.69) is 17.5 Å². The fourth-order valence-electron chi connectivity index (χ4n) is 2.05. The topological polar surface area (TPSA) is 21.3 Å². The molecule has 2 aliphatic heterocycles. The maximum absolute atomic E-state index is 5.62. The van der Waals surface area contributed by atoms with E-state index in [9.17, 15) is 0 Å². The molecule has 2 saturated heterocycles. The van der Waals surface area contributed by atoms with E-state index in [1.807, 2.05) is 0 Å². The first-order valence-electron chi connectivity index (χ1n) is 5.48. The van der Waals surface area contributed by atoms with Gasteiger partial charge in [-0.05, 0) is 38.6 Å². The second kappa shape index (κ2) is 4.77. The van der Waals surface area contributed by atoms with E-state index < -0.39 is 0 Å². The Hall–Kier alpha value is -0.340. The van der Waals surface area contributed by atoms with E-state index in [1.54, 1.807) is 0 Å². The molecule has 0 spiro atoms. The van der Waals surface area contributed by atoms with Crippen molar-refractivity contribution in [2.45, 2.75) is 44.2 Å². The van der Waals surface area contributed by atoms with E-state index in [1.165, 1.54) is 38.6 Å². The van der Waals surface area contributed by atoms with Crippen molar-refractivity contribution in [2.75, 3.05) is 13.2 Å². The van der Waals surface area contributed by atoms with Crippen LogP contribution in [-0.4, -0.2) is 25.3 Å². The number of hydrogen-bond donors (Lipinski definition) is 1. The van der Waals surface area contributed by atoms with Crippen LogP contribution in [0, 0.1) is 0 Å². The summed E-state index contributed by atoms with van der Waals surface area (Å²) in [5, 5.41) is 3.45. The molecule has 2 aliphatic rings. The van der Waals surface area contributed by atoms with E-state index in [4.69, 9.17) is 4.74 Å². The molecule has 0 aromatic carbocycles. The summed E-state index contributed by atoms with van der Waals surface area (Å²) in [6.07, 6.45) is 11.3. The summed E-state index contributed by atoms with van der Waals surface area (Å²) >= 11 is 0. The monoisotopic (exact) mass is 181 g/mol. The van der Waals surface area contributed by atoms with Crippen LogP contribution in [0.2, 0.25) is 0 Å². The summed E-state index contributed by atoms with van der Waals surface area (Å²) in [5.41, 5.74) is 0. The molecular formula is C11H19NO. The van der Waals surface area contributed by atoms with Gasteiger partial charge in [0.15, 0.2) is 0 Å². The number of ether oxygens (including phenoxy) is 1. The third-order valence-electron chi connectivity index (χ3n) is 2.87. The fraction of sp³-hybridized carbons (Fsp3) is 0.818. The molecule has 1 N–H and O–H groups in total. The van der Waals surface area contributed by atoms with Gasteiger partial charge in [0, 0.05) is 12.6 Å². The Balaban J connectivity index is 1.74. The van der Waals surface area contributed by atoms with Gasteiger partial charge in [-0.25, -0.2) is 0 Å². The van der Waals surface area contributed by atoms with Crippen molar-refractivity contribution < 1.29 is 4.74 Å².